The van der Waals surface area contributed by atoms with E-state index in [0.717, 1.165) is 26.8 Å². The molecular weight excluding hydrogens is 502 g/mol. The van der Waals surface area contributed by atoms with Crippen LogP contribution in [0.1, 0.15) is 43.4 Å². The Hall–Kier alpha value is -3.72. The second-order valence-corrected chi connectivity index (χ2v) is 11.1. The molecule has 5 rings (SSSR count). The van der Waals surface area contributed by atoms with E-state index in [2.05, 4.69) is 10.6 Å². The van der Waals surface area contributed by atoms with Crippen LogP contribution in [0.25, 0.3) is 10.1 Å². The van der Waals surface area contributed by atoms with Gasteiger partial charge in [-0.15, -0.1) is 11.3 Å². The largest absolute Gasteiger partial charge is 0.480 e. The average Bonchev–Trinajstić information content (AvgIpc) is 3.47. The first-order valence-electron chi connectivity index (χ1n) is 13.0. The molecule has 2 aliphatic rings. The summed E-state index contributed by atoms with van der Waals surface area (Å²) in [4.78, 5) is 53.5. The van der Waals surface area contributed by atoms with Crippen LogP contribution in [0.5, 0.6) is 0 Å². The lowest BCUT2D eigenvalue weighted by molar-refractivity contribution is -0.140. The molecule has 0 bridgehead atoms. The normalized spacial score (nSPS) is 19.9. The lowest BCUT2D eigenvalue weighted by Gasteiger charge is -2.29. The minimum Gasteiger partial charge on any atom is -0.480 e. The molecule has 2 aromatic carbocycles. The minimum absolute atomic E-state index is 0.152. The predicted octanol–water partition coefficient (Wildman–Crippen LogP) is 3.45. The first-order chi connectivity index (χ1) is 18.3. The van der Waals surface area contributed by atoms with Gasteiger partial charge in [-0.05, 0) is 52.3 Å². The van der Waals surface area contributed by atoms with Crippen molar-refractivity contribution in [1.82, 2.24) is 10.6 Å². The number of nitrogens with zero attached hydrogens (tertiary/aromatic N) is 1. The van der Waals surface area contributed by atoms with Gasteiger partial charge >= 0.3 is 5.97 Å². The number of thiophene rings is 1. The molecule has 38 heavy (non-hydrogen) atoms. The third kappa shape index (κ3) is 4.78. The monoisotopic (exact) mass is 533 g/mol. The Balaban J connectivity index is 1.33. The van der Waals surface area contributed by atoms with E-state index in [1.807, 2.05) is 61.7 Å². The van der Waals surface area contributed by atoms with E-state index in [9.17, 15) is 24.3 Å². The summed E-state index contributed by atoms with van der Waals surface area (Å²) < 4.78 is 1.10. The summed E-state index contributed by atoms with van der Waals surface area (Å²) in [5.41, 5.74) is 3.32. The standard InChI is InChI=1S/C29H31N3O5S/c1-3-16(2)25(31-24(33)14-19-15-38-23-10-5-4-9-20(19)23)27(34)30-21-12-11-17-7-6-8-18-13-22(29(36)37)32(26(17)18)28(21)35/h4-10,15-16,21-22,25H,3,11-14H2,1-2H3,(H,30,34)(H,31,33)(H,36,37)/t16-,21-,22-,25-/m0/s1. The van der Waals surface area contributed by atoms with Crippen LogP contribution in [0.15, 0.2) is 47.8 Å². The molecule has 0 fully saturated rings. The summed E-state index contributed by atoms with van der Waals surface area (Å²) in [7, 11) is 0. The number of carboxylic acids is 1. The van der Waals surface area contributed by atoms with Crippen LogP contribution in [0.2, 0.25) is 0 Å². The van der Waals surface area contributed by atoms with Crippen LogP contribution in [0.3, 0.4) is 0 Å². The van der Waals surface area contributed by atoms with Gasteiger partial charge in [0.15, 0.2) is 0 Å². The Labute approximate surface area is 225 Å². The molecule has 4 atom stereocenters. The second-order valence-electron chi connectivity index (χ2n) is 10.2. The van der Waals surface area contributed by atoms with Gasteiger partial charge in [0.2, 0.25) is 17.7 Å². The number of anilines is 1. The van der Waals surface area contributed by atoms with Crippen molar-refractivity contribution in [3.8, 4) is 0 Å². The Morgan fingerprint density at radius 1 is 1.13 bits per heavy atom. The Morgan fingerprint density at radius 2 is 1.89 bits per heavy atom. The minimum atomic E-state index is -1.07. The fourth-order valence-electron chi connectivity index (χ4n) is 5.49. The SMILES string of the molecule is CC[C@H](C)[C@H](NC(=O)Cc1csc2ccccc12)C(=O)N[C@H]1CCc2cccc3c2N(C1=O)[C@H](C(=O)O)C3. The molecule has 0 saturated carbocycles. The lowest BCUT2D eigenvalue weighted by atomic mass is 9.96. The Kier molecular flexibility index (Phi) is 7.21. The topological polar surface area (TPSA) is 116 Å². The molecule has 0 aliphatic carbocycles. The summed E-state index contributed by atoms with van der Waals surface area (Å²) in [5.74, 6) is -2.35. The van der Waals surface area contributed by atoms with Gasteiger partial charge in [-0.25, -0.2) is 4.79 Å². The number of para-hydroxylation sites is 1. The molecule has 0 unspecified atom stereocenters. The van der Waals surface area contributed by atoms with Gasteiger partial charge < -0.3 is 15.7 Å². The summed E-state index contributed by atoms with van der Waals surface area (Å²) in [5, 5.41) is 18.6. The van der Waals surface area contributed by atoms with Gasteiger partial charge in [0.05, 0.1) is 12.1 Å². The number of carbonyl (C=O) groups is 4. The molecule has 3 heterocycles. The predicted molar refractivity (Wildman–Crippen MR) is 146 cm³/mol. The highest BCUT2D eigenvalue weighted by atomic mass is 32.1. The zero-order valence-corrected chi connectivity index (χ0v) is 22.2. The number of aryl methyl sites for hydroxylation is 1. The molecule has 1 aromatic heterocycles. The summed E-state index contributed by atoms with van der Waals surface area (Å²) in [6.45, 7) is 3.84. The number of carboxylic acid groups (broad SMARTS) is 1. The first-order valence-corrected chi connectivity index (χ1v) is 13.9. The Bertz CT molecular complexity index is 1420. The highest BCUT2D eigenvalue weighted by Gasteiger charge is 2.44. The van der Waals surface area contributed by atoms with Gasteiger partial charge in [-0.2, -0.15) is 0 Å². The second kappa shape index (κ2) is 10.6. The number of carbonyl (C=O) groups excluding carboxylic acids is 3. The highest BCUT2D eigenvalue weighted by Crippen LogP contribution is 2.39. The van der Waals surface area contributed by atoms with Crippen LogP contribution >= 0.6 is 11.3 Å². The number of amides is 3. The van der Waals surface area contributed by atoms with Gasteiger partial charge in [-0.3, -0.25) is 19.3 Å². The van der Waals surface area contributed by atoms with Crippen LogP contribution in [0, 0.1) is 5.92 Å². The number of nitrogens with one attached hydrogen (secondary N) is 2. The van der Waals surface area contributed by atoms with Crippen molar-refractivity contribution in [2.45, 2.75) is 64.1 Å². The number of fused-ring (bicyclic) bond motifs is 1. The third-order valence-electron chi connectivity index (χ3n) is 7.73. The van der Waals surface area contributed by atoms with E-state index in [1.54, 1.807) is 11.3 Å². The quantitative estimate of drug-likeness (QED) is 0.410. The van der Waals surface area contributed by atoms with Crippen molar-refractivity contribution in [3.05, 3.63) is 64.5 Å². The van der Waals surface area contributed by atoms with Crippen LogP contribution in [-0.4, -0.2) is 46.9 Å². The molecule has 9 heteroatoms. The van der Waals surface area contributed by atoms with Crippen molar-refractivity contribution in [2.24, 2.45) is 5.92 Å². The van der Waals surface area contributed by atoms with E-state index in [1.165, 1.54) is 4.90 Å². The molecule has 8 nitrogen and oxygen atoms in total. The molecule has 3 aromatic rings. The summed E-state index contributed by atoms with van der Waals surface area (Å²) in [6.07, 6.45) is 1.94. The van der Waals surface area contributed by atoms with E-state index in [-0.39, 0.29) is 24.7 Å². The van der Waals surface area contributed by atoms with Crippen LogP contribution in [-0.2, 0) is 38.4 Å². The van der Waals surface area contributed by atoms with Crippen molar-refractivity contribution in [1.29, 1.82) is 0 Å². The lowest BCUT2D eigenvalue weighted by Crippen LogP contribution is -2.57. The van der Waals surface area contributed by atoms with Crippen molar-refractivity contribution in [2.75, 3.05) is 4.90 Å². The van der Waals surface area contributed by atoms with Gasteiger partial charge in [0.1, 0.15) is 18.1 Å². The summed E-state index contributed by atoms with van der Waals surface area (Å²) >= 11 is 1.58. The van der Waals surface area contributed by atoms with Gasteiger partial charge in [0.25, 0.3) is 0 Å². The fraction of sp³-hybridized carbons (Fsp3) is 0.379. The molecule has 0 radical (unpaired) electrons. The number of rotatable bonds is 8. The van der Waals surface area contributed by atoms with E-state index >= 15 is 0 Å². The Morgan fingerprint density at radius 3 is 2.66 bits per heavy atom. The molecular formula is C29H31N3O5S. The zero-order valence-electron chi connectivity index (χ0n) is 21.4. The van der Waals surface area contributed by atoms with Crippen LogP contribution in [0.4, 0.5) is 5.69 Å². The fourth-order valence-corrected chi connectivity index (χ4v) is 6.46. The van der Waals surface area contributed by atoms with Gasteiger partial charge in [0, 0.05) is 11.1 Å². The zero-order chi connectivity index (χ0) is 27.0. The number of aliphatic carboxylic acids is 1. The van der Waals surface area contributed by atoms with E-state index in [0.29, 0.717) is 24.9 Å². The first kappa shape index (κ1) is 25.9. The third-order valence-corrected chi connectivity index (χ3v) is 8.74. The molecule has 0 spiro atoms. The molecule has 0 saturated heterocycles. The smallest absolute Gasteiger partial charge is 0.327 e. The highest BCUT2D eigenvalue weighted by molar-refractivity contribution is 7.17. The molecule has 198 valence electrons. The molecule has 2 aliphatic heterocycles. The number of benzene rings is 2. The number of hydrogen-bond donors (Lipinski definition) is 3. The van der Waals surface area contributed by atoms with Crippen LogP contribution < -0.4 is 15.5 Å². The molecule has 3 amide bonds. The van der Waals surface area contributed by atoms with Crippen molar-refractivity contribution in [3.63, 3.8) is 0 Å². The van der Waals surface area contributed by atoms with Crippen molar-refractivity contribution < 1.29 is 24.3 Å². The maximum atomic E-state index is 13.6. The van der Waals surface area contributed by atoms with E-state index < -0.39 is 35.9 Å². The number of hydrogen-bond acceptors (Lipinski definition) is 5. The average molecular weight is 534 g/mol. The molecule has 3 N–H and O–H groups in total. The maximum absolute atomic E-state index is 13.6. The van der Waals surface area contributed by atoms with Gasteiger partial charge in [-0.1, -0.05) is 56.7 Å². The van der Waals surface area contributed by atoms with Crippen molar-refractivity contribution >= 4 is 50.8 Å². The van der Waals surface area contributed by atoms with E-state index in [4.69, 9.17) is 0 Å². The summed E-state index contributed by atoms with van der Waals surface area (Å²) in [6, 6.07) is 10.8. The maximum Gasteiger partial charge on any atom is 0.327 e.